The molecular formula is C15H23NO2. The minimum Gasteiger partial charge on any atom is -0.490 e. The molecule has 18 heavy (non-hydrogen) atoms. The average Bonchev–Trinajstić information content (AvgIpc) is 2.41. The summed E-state index contributed by atoms with van der Waals surface area (Å²) in [5.41, 5.74) is 7.28. The van der Waals surface area contributed by atoms with Crippen LogP contribution in [-0.2, 0) is 4.74 Å². The zero-order chi connectivity index (χ0) is 12.8. The van der Waals surface area contributed by atoms with E-state index in [2.05, 4.69) is 6.92 Å². The van der Waals surface area contributed by atoms with Gasteiger partial charge in [-0.25, -0.2) is 0 Å². The summed E-state index contributed by atoms with van der Waals surface area (Å²) in [6.45, 7) is 3.55. The molecular weight excluding hydrogens is 226 g/mol. The lowest BCUT2D eigenvalue weighted by molar-refractivity contribution is -0.00827. The molecule has 1 aliphatic heterocycles. The summed E-state index contributed by atoms with van der Waals surface area (Å²) < 4.78 is 11.5. The topological polar surface area (TPSA) is 44.5 Å². The number of ether oxygens (including phenoxy) is 2. The molecule has 0 fully saturated rings. The van der Waals surface area contributed by atoms with Crippen LogP contribution in [-0.4, -0.2) is 19.3 Å². The van der Waals surface area contributed by atoms with Crippen LogP contribution in [0.15, 0.2) is 24.3 Å². The summed E-state index contributed by atoms with van der Waals surface area (Å²) in [7, 11) is 0. The molecule has 1 heterocycles. The van der Waals surface area contributed by atoms with Crippen molar-refractivity contribution in [3.05, 3.63) is 29.8 Å². The van der Waals surface area contributed by atoms with Crippen molar-refractivity contribution < 1.29 is 9.47 Å². The Morgan fingerprint density at radius 3 is 2.94 bits per heavy atom. The maximum absolute atomic E-state index is 6.23. The van der Waals surface area contributed by atoms with Crippen LogP contribution in [0.5, 0.6) is 5.75 Å². The van der Waals surface area contributed by atoms with Gasteiger partial charge in [-0.2, -0.15) is 0 Å². The smallest absolute Gasteiger partial charge is 0.124 e. The second-order valence-electron chi connectivity index (χ2n) is 4.84. The molecule has 0 bridgehead atoms. The normalized spacial score (nSPS) is 22.3. The minimum absolute atomic E-state index is 0.0125. The summed E-state index contributed by atoms with van der Waals surface area (Å²) in [6.07, 6.45) is 4.86. The van der Waals surface area contributed by atoms with Gasteiger partial charge in [0.2, 0.25) is 0 Å². The molecule has 0 aromatic heterocycles. The zero-order valence-electron chi connectivity index (χ0n) is 11.1. The van der Waals surface area contributed by atoms with E-state index in [-0.39, 0.29) is 12.1 Å². The number of hydrogen-bond donors (Lipinski definition) is 1. The predicted octanol–water partition coefficient (Wildman–Crippen LogP) is 3.04. The number of nitrogens with two attached hydrogens (primary N) is 1. The van der Waals surface area contributed by atoms with Gasteiger partial charge in [0, 0.05) is 12.2 Å². The highest BCUT2D eigenvalue weighted by atomic mass is 16.5. The van der Waals surface area contributed by atoms with E-state index in [9.17, 15) is 0 Å². The van der Waals surface area contributed by atoms with Gasteiger partial charge in [0.25, 0.3) is 0 Å². The summed E-state index contributed by atoms with van der Waals surface area (Å²) in [4.78, 5) is 0. The van der Waals surface area contributed by atoms with E-state index >= 15 is 0 Å². The van der Waals surface area contributed by atoms with E-state index in [1.807, 2.05) is 24.3 Å². The molecule has 2 rings (SSSR count). The van der Waals surface area contributed by atoms with Crippen molar-refractivity contribution in [2.75, 3.05) is 13.2 Å². The van der Waals surface area contributed by atoms with E-state index < -0.39 is 0 Å². The lowest BCUT2D eigenvalue weighted by Gasteiger charge is -2.31. The molecule has 1 aromatic rings. The molecule has 0 saturated heterocycles. The van der Waals surface area contributed by atoms with E-state index in [1.165, 1.54) is 19.3 Å². The standard InChI is InChI=1S/C15H23NO2/c1-2-3-4-7-10-17-14-11-18-13-9-6-5-8-12(13)15(14)16/h5-6,8-9,14-15H,2-4,7,10-11,16H2,1H3. The lowest BCUT2D eigenvalue weighted by Crippen LogP contribution is -2.38. The molecule has 1 aromatic carbocycles. The molecule has 0 amide bonds. The summed E-state index contributed by atoms with van der Waals surface area (Å²) in [6, 6.07) is 7.88. The third-order valence-electron chi connectivity index (χ3n) is 3.41. The van der Waals surface area contributed by atoms with Gasteiger partial charge in [-0.15, -0.1) is 0 Å². The SMILES string of the molecule is CCCCCCOC1COc2ccccc2C1N. The Bertz CT molecular complexity index is 367. The second kappa shape index (κ2) is 6.76. The molecule has 2 N–H and O–H groups in total. The molecule has 2 atom stereocenters. The highest BCUT2D eigenvalue weighted by molar-refractivity contribution is 5.38. The zero-order valence-corrected chi connectivity index (χ0v) is 11.1. The first kappa shape index (κ1) is 13.4. The number of benzene rings is 1. The predicted molar refractivity (Wildman–Crippen MR) is 72.7 cm³/mol. The van der Waals surface area contributed by atoms with E-state index in [1.54, 1.807) is 0 Å². The van der Waals surface area contributed by atoms with Crippen molar-refractivity contribution in [2.24, 2.45) is 5.73 Å². The monoisotopic (exact) mass is 249 g/mol. The van der Waals surface area contributed by atoms with Crippen LogP contribution in [0.1, 0.15) is 44.2 Å². The van der Waals surface area contributed by atoms with Gasteiger partial charge in [0.05, 0.1) is 6.04 Å². The van der Waals surface area contributed by atoms with E-state index in [0.717, 1.165) is 24.3 Å². The quantitative estimate of drug-likeness (QED) is 0.788. The fourth-order valence-electron chi connectivity index (χ4n) is 2.28. The van der Waals surface area contributed by atoms with Crippen molar-refractivity contribution in [1.29, 1.82) is 0 Å². The van der Waals surface area contributed by atoms with E-state index in [0.29, 0.717) is 6.61 Å². The largest absolute Gasteiger partial charge is 0.490 e. The Kier molecular flexibility index (Phi) is 5.02. The van der Waals surface area contributed by atoms with Crippen molar-refractivity contribution in [2.45, 2.75) is 44.8 Å². The van der Waals surface area contributed by atoms with Crippen LogP contribution in [0.3, 0.4) is 0 Å². The molecule has 100 valence electrons. The maximum Gasteiger partial charge on any atom is 0.124 e. The Hall–Kier alpha value is -1.06. The number of rotatable bonds is 6. The van der Waals surface area contributed by atoms with Crippen LogP contribution in [0.2, 0.25) is 0 Å². The van der Waals surface area contributed by atoms with Crippen molar-refractivity contribution >= 4 is 0 Å². The number of unbranched alkanes of at least 4 members (excludes halogenated alkanes) is 3. The lowest BCUT2D eigenvalue weighted by atomic mass is 9.99. The van der Waals surface area contributed by atoms with Crippen molar-refractivity contribution in [3.63, 3.8) is 0 Å². The molecule has 0 radical (unpaired) electrons. The molecule has 3 heteroatoms. The summed E-state index contributed by atoms with van der Waals surface area (Å²) in [5, 5.41) is 0. The Balaban J connectivity index is 1.82. The molecule has 1 aliphatic rings. The van der Waals surface area contributed by atoms with Crippen LogP contribution in [0, 0.1) is 0 Å². The number of para-hydroxylation sites is 1. The Morgan fingerprint density at radius 2 is 2.11 bits per heavy atom. The summed E-state index contributed by atoms with van der Waals surface area (Å²) >= 11 is 0. The highest BCUT2D eigenvalue weighted by Crippen LogP contribution is 2.31. The third-order valence-corrected chi connectivity index (χ3v) is 3.41. The second-order valence-corrected chi connectivity index (χ2v) is 4.84. The fourth-order valence-corrected chi connectivity index (χ4v) is 2.28. The van der Waals surface area contributed by atoms with Gasteiger partial charge in [0.1, 0.15) is 18.5 Å². The minimum atomic E-state index is -0.0684. The van der Waals surface area contributed by atoms with Gasteiger partial charge in [0.15, 0.2) is 0 Å². The van der Waals surface area contributed by atoms with Gasteiger partial charge in [-0.1, -0.05) is 44.4 Å². The maximum atomic E-state index is 6.23. The van der Waals surface area contributed by atoms with Crippen molar-refractivity contribution in [3.8, 4) is 5.75 Å². The first-order valence-corrected chi connectivity index (χ1v) is 6.92. The molecule has 3 nitrogen and oxygen atoms in total. The van der Waals surface area contributed by atoms with Crippen LogP contribution < -0.4 is 10.5 Å². The van der Waals surface area contributed by atoms with Gasteiger partial charge >= 0.3 is 0 Å². The number of fused-ring (bicyclic) bond motifs is 1. The van der Waals surface area contributed by atoms with E-state index in [4.69, 9.17) is 15.2 Å². The number of hydrogen-bond acceptors (Lipinski definition) is 3. The highest BCUT2D eigenvalue weighted by Gasteiger charge is 2.28. The van der Waals surface area contributed by atoms with Crippen LogP contribution >= 0.6 is 0 Å². The van der Waals surface area contributed by atoms with Gasteiger partial charge < -0.3 is 15.2 Å². The first-order chi connectivity index (χ1) is 8.83. The first-order valence-electron chi connectivity index (χ1n) is 6.92. The fraction of sp³-hybridized carbons (Fsp3) is 0.600. The molecule has 0 spiro atoms. The van der Waals surface area contributed by atoms with Crippen LogP contribution in [0.25, 0.3) is 0 Å². The third kappa shape index (κ3) is 3.24. The molecule has 0 aliphatic carbocycles. The molecule has 2 unspecified atom stereocenters. The Morgan fingerprint density at radius 1 is 1.28 bits per heavy atom. The van der Waals surface area contributed by atoms with Gasteiger partial charge in [-0.3, -0.25) is 0 Å². The van der Waals surface area contributed by atoms with Crippen molar-refractivity contribution in [1.82, 2.24) is 0 Å². The Labute approximate surface area is 109 Å². The summed E-state index contributed by atoms with van der Waals surface area (Å²) in [5.74, 6) is 0.899. The average molecular weight is 249 g/mol. The van der Waals surface area contributed by atoms with Crippen LogP contribution in [0.4, 0.5) is 0 Å². The molecule has 0 saturated carbocycles. The van der Waals surface area contributed by atoms with Gasteiger partial charge in [-0.05, 0) is 12.5 Å².